The van der Waals surface area contributed by atoms with E-state index < -0.39 is 0 Å². The number of rotatable bonds is 6. The molecule has 1 N–H and O–H groups in total. The molecule has 2 aromatic carbocycles. The van der Waals surface area contributed by atoms with E-state index in [1.54, 1.807) is 41.3 Å². The number of benzene rings is 2. The molecular weight excluding hydrogens is 447 g/mol. The van der Waals surface area contributed by atoms with Crippen molar-refractivity contribution in [1.29, 1.82) is 0 Å². The number of halogens is 2. The summed E-state index contributed by atoms with van der Waals surface area (Å²) >= 11 is 13.0. The van der Waals surface area contributed by atoms with E-state index in [9.17, 15) is 9.59 Å². The second kappa shape index (κ2) is 8.99. The van der Waals surface area contributed by atoms with Gasteiger partial charge in [0.15, 0.2) is 6.61 Å². The number of aromatic nitrogens is 2. The summed E-state index contributed by atoms with van der Waals surface area (Å²) in [7, 11) is 0. The number of hydrogen-bond acceptors (Lipinski definition) is 6. The third-order valence-electron chi connectivity index (χ3n) is 4.48. The Morgan fingerprint density at radius 1 is 1.10 bits per heavy atom. The van der Waals surface area contributed by atoms with E-state index in [0.717, 1.165) is 5.69 Å². The maximum atomic E-state index is 12.4. The van der Waals surface area contributed by atoms with Crippen LogP contribution in [0.5, 0.6) is 5.75 Å². The summed E-state index contributed by atoms with van der Waals surface area (Å²) in [4.78, 5) is 26.2. The molecule has 154 valence electrons. The summed E-state index contributed by atoms with van der Waals surface area (Å²) in [5, 5.41) is 13.1. The second-order valence-corrected chi connectivity index (χ2v) is 8.50. The predicted molar refractivity (Wildman–Crippen MR) is 117 cm³/mol. The molecule has 2 amide bonds. The molecule has 0 spiro atoms. The predicted octanol–water partition coefficient (Wildman–Crippen LogP) is 4.38. The van der Waals surface area contributed by atoms with Gasteiger partial charge in [0, 0.05) is 34.6 Å². The first-order valence-corrected chi connectivity index (χ1v) is 10.6. The molecule has 3 aromatic rings. The molecule has 0 aliphatic carbocycles. The van der Waals surface area contributed by atoms with E-state index in [1.807, 2.05) is 12.1 Å². The quantitative estimate of drug-likeness (QED) is 0.587. The Bertz CT molecular complexity index is 1060. The van der Waals surface area contributed by atoms with E-state index in [-0.39, 0.29) is 24.3 Å². The van der Waals surface area contributed by atoms with Gasteiger partial charge in [-0.05, 0) is 48.5 Å². The largest absolute Gasteiger partial charge is 0.484 e. The van der Waals surface area contributed by atoms with Crippen LogP contribution in [0, 0.1) is 0 Å². The molecule has 1 saturated heterocycles. The Hall–Kier alpha value is -2.68. The fourth-order valence-corrected chi connectivity index (χ4v) is 4.13. The molecule has 0 radical (unpaired) electrons. The highest BCUT2D eigenvalue weighted by Crippen LogP contribution is 2.34. The average molecular weight is 463 g/mol. The normalized spacial score (nSPS) is 16.0. The molecule has 7 nitrogen and oxygen atoms in total. The van der Waals surface area contributed by atoms with Crippen LogP contribution in [0.25, 0.3) is 0 Å². The topological polar surface area (TPSA) is 84.4 Å². The van der Waals surface area contributed by atoms with Crippen molar-refractivity contribution in [2.45, 2.75) is 12.3 Å². The summed E-state index contributed by atoms with van der Waals surface area (Å²) in [5.41, 5.74) is 0.796. The van der Waals surface area contributed by atoms with Crippen molar-refractivity contribution in [3.05, 3.63) is 63.6 Å². The molecule has 30 heavy (non-hydrogen) atoms. The fraction of sp³-hybridized carbons (Fsp3) is 0.200. The number of amides is 2. The minimum atomic E-state index is -0.349. The smallest absolute Gasteiger partial charge is 0.264 e. The maximum Gasteiger partial charge on any atom is 0.264 e. The van der Waals surface area contributed by atoms with Gasteiger partial charge in [-0.3, -0.25) is 14.9 Å². The van der Waals surface area contributed by atoms with Crippen LogP contribution < -0.4 is 15.0 Å². The molecule has 1 atom stereocenters. The molecule has 1 unspecified atom stereocenters. The summed E-state index contributed by atoms with van der Waals surface area (Å²) in [6, 6.07) is 13.9. The van der Waals surface area contributed by atoms with E-state index in [0.29, 0.717) is 38.9 Å². The Balaban J connectivity index is 1.33. The van der Waals surface area contributed by atoms with E-state index >= 15 is 0 Å². The standard InChI is InChI=1S/C20H16Cl2N4O3S/c21-13-1-5-15(6-2-13)26-10-12(9-18(26)28)19-24-25-20(30-19)23-17(27)11-29-16-7-3-14(22)4-8-16/h1-8,12H,9-11H2,(H,23,25,27). The van der Waals surface area contributed by atoms with Gasteiger partial charge >= 0.3 is 0 Å². The number of nitrogens with one attached hydrogen (secondary N) is 1. The van der Waals surface area contributed by atoms with Gasteiger partial charge in [-0.2, -0.15) is 0 Å². The van der Waals surface area contributed by atoms with Gasteiger partial charge in [-0.15, -0.1) is 10.2 Å². The highest BCUT2D eigenvalue weighted by Gasteiger charge is 2.34. The third kappa shape index (κ3) is 4.89. The zero-order chi connectivity index (χ0) is 21.1. The van der Waals surface area contributed by atoms with Crippen molar-refractivity contribution in [2.75, 3.05) is 23.4 Å². The molecule has 1 aromatic heterocycles. The molecule has 2 heterocycles. The lowest BCUT2D eigenvalue weighted by Crippen LogP contribution is -2.24. The van der Waals surface area contributed by atoms with Crippen LogP contribution in [0.1, 0.15) is 17.3 Å². The molecule has 1 aliphatic rings. The fourth-order valence-electron chi connectivity index (χ4n) is 3.03. The minimum absolute atomic E-state index is 0.0134. The first-order valence-electron chi connectivity index (χ1n) is 9.05. The van der Waals surface area contributed by atoms with Crippen LogP contribution in [0.3, 0.4) is 0 Å². The summed E-state index contributed by atoms with van der Waals surface area (Å²) in [6.07, 6.45) is 0.338. The highest BCUT2D eigenvalue weighted by atomic mass is 35.5. The molecule has 0 bridgehead atoms. The molecule has 1 aliphatic heterocycles. The Morgan fingerprint density at radius 2 is 1.77 bits per heavy atom. The summed E-state index contributed by atoms with van der Waals surface area (Å²) in [6.45, 7) is 0.339. The summed E-state index contributed by atoms with van der Waals surface area (Å²) < 4.78 is 5.41. The zero-order valence-corrected chi connectivity index (χ0v) is 17.9. The SMILES string of the molecule is O=C(COc1ccc(Cl)cc1)Nc1nnc(C2CC(=O)N(c3ccc(Cl)cc3)C2)s1. The van der Waals surface area contributed by atoms with Gasteiger partial charge < -0.3 is 9.64 Å². The van der Waals surface area contributed by atoms with E-state index in [1.165, 1.54) is 11.3 Å². The molecule has 0 saturated carbocycles. The average Bonchev–Trinajstić information content (AvgIpc) is 3.35. The Labute approximate surface area is 186 Å². The molecular formula is C20H16Cl2N4O3S. The lowest BCUT2D eigenvalue weighted by molar-refractivity contribution is -0.118. The van der Waals surface area contributed by atoms with Gasteiger partial charge in [0.25, 0.3) is 5.91 Å². The first-order chi connectivity index (χ1) is 14.5. The van der Waals surface area contributed by atoms with Crippen LogP contribution >= 0.6 is 34.5 Å². The van der Waals surface area contributed by atoms with Crippen molar-refractivity contribution < 1.29 is 14.3 Å². The maximum absolute atomic E-state index is 12.4. The van der Waals surface area contributed by atoms with Gasteiger partial charge in [0.1, 0.15) is 10.8 Å². The molecule has 4 rings (SSSR count). The Morgan fingerprint density at radius 3 is 2.47 bits per heavy atom. The third-order valence-corrected chi connectivity index (χ3v) is 5.99. The zero-order valence-electron chi connectivity index (χ0n) is 15.5. The monoisotopic (exact) mass is 462 g/mol. The van der Waals surface area contributed by atoms with Crippen LogP contribution in [-0.2, 0) is 9.59 Å². The van der Waals surface area contributed by atoms with Crippen molar-refractivity contribution in [2.24, 2.45) is 0 Å². The van der Waals surface area contributed by atoms with Gasteiger partial charge in [0.2, 0.25) is 11.0 Å². The number of carbonyl (C=O) groups is 2. The van der Waals surface area contributed by atoms with Crippen molar-refractivity contribution in [1.82, 2.24) is 10.2 Å². The van der Waals surface area contributed by atoms with E-state index in [2.05, 4.69) is 15.5 Å². The second-order valence-electron chi connectivity index (χ2n) is 6.62. The van der Waals surface area contributed by atoms with Crippen LogP contribution in [0.15, 0.2) is 48.5 Å². The van der Waals surface area contributed by atoms with Gasteiger partial charge in [0.05, 0.1) is 0 Å². The number of anilines is 2. The number of nitrogens with zero attached hydrogens (tertiary/aromatic N) is 3. The van der Waals surface area contributed by atoms with Crippen LogP contribution in [0.2, 0.25) is 10.0 Å². The van der Waals surface area contributed by atoms with Crippen molar-refractivity contribution in [3.8, 4) is 5.75 Å². The van der Waals surface area contributed by atoms with Gasteiger partial charge in [-0.25, -0.2) is 0 Å². The van der Waals surface area contributed by atoms with E-state index in [4.69, 9.17) is 27.9 Å². The lowest BCUT2D eigenvalue weighted by Gasteiger charge is -2.16. The number of carbonyl (C=O) groups excluding carboxylic acids is 2. The molecule has 10 heteroatoms. The van der Waals surface area contributed by atoms with Gasteiger partial charge in [-0.1, -0.05) is 34.5 Å². The van der Waals surface area contributed by atoms with Crippen molar-refractivity contribution >= 4 is 57.2 Å². The number of hydrogen-bond donors (Lipinski definition) is 1. The minimum Gasteiger partial charge on any atom is -0.484 e. The highest BCUT2D eigenvalue weighted by molar-refractivity contribution is 7.15. The van der Waals surface area contributed by atoms with Crippen LogP contribution in [0.4, 0.5) is 10.8 Å². The van der Waals surface area contributed by atoms with Crippen LogP contribution in [-0.4, -0.2) is 35.2 Å². The Kier molecular flexibility index (Phi) is 6.17. The van der Waals surface area contributed by atoms with Crippen molar-refractivity contribution in [3.63, 3.8) is 0 Å². The summed E-state index contributed by atoms with van der Waals surface area (Å²) in [5.74, 6) is 0.123. The first kappa shape index (κ1) is 20.6. The number of ether oxygens (including phenoxy) is 1. The molecule has 1 fully saturated rings. The lowest BCUT2D eigenvalue weighted by atomic mass is 10.1.